The molecule has 64 valence electrons. The van der Waals surface area contributed by atoms with Crippen LogP contribution in [0, 0.1) is 5.92 Å². The summed E-state index contributed by atoms with van der Waals surface area (Å²) in [4.78, 5) is 11.2. The van der Waals surface area contributed by atoms with Crippen molar-refractivity contribution < 1.29 is 14.3 Å². The van der Waals surface area contributed by atoms with Gasteiger partial charge in [0.2, 0.25) is 0 Å². The molecule has 0 saturated carbocycles. The fourth-order valence-electron chi connectivity index (χ4n) is 0.687. The summed E-state index contributed by atoms with van der Waals surface area (Å²) in [5.74, 6) is -0.149. The van der Waals surface area contributed by atoms with Gasteiger partial charge in [0.05, 0.1) is 13.2 Å². The molecule has 0 radical (unpaired) electrons. The fourth-order valence-corrected chi connectivity index (χ4v) is 0.819. The van der Waals surface area contributed by atoms with Crippen LogP contribution in [0.1, 0.15) is 6.92 Å². The van der Waals surface area contributed by atoms with E-state index >= 15 is 0 Å². The Morgan fingerprint density at radius 1 is 1.82 bits per heavy atom. The first kappa shape index (κ1) is 9.00. The largest absolute Gasteiger partial charge is 0.464 e. The molecule has 0 aromatic carbocycles. The third-order valence-corrected chi connectivity index (χ3v) is 1.69. The van der Waals surface area contributed by atoms with Gasteiger partial charge in [-0.3, -0.25) is 4.79 Å². The van der Waals surface area contributed by atoms with Gasteiger partial charge < -0.3 is 9.47 Å². The van der Waals surface area contributed by atoms with E-state index in [4.69, 9.17) is 9.47 Å². The maximum atomic E-state index is 11.0. The minimum absolute atomic E-state index is 0.0127. The first-order valence-corrected chi connectivity index (χ1v) is 4.50. The Bertz CT molecular complexity index is 143. The molecular weight excluding hydrogens is 212 g/mol. The Kier molecular flexibility index (Phi) is 3.33. The van der Waals surface area contributed by atoms with E-state index in [0.717, 1.165) is 0 Å². The lowest BCUT2D eigenvalue weighted by Gasteiger charge is -2.23. The molecule has 0 aromatic rings. The third-order valence-electron chi connectivity index (χ3n) is 1.43. The first-order valence-electron chi connectivity index (χ1n) is 3.58. The smallest absolute Gasteiger partial charge is 0.313 e. The van der Waals surface area contributed by atoms with E-state index in [-0.39, 0.29) is 16.7 Å². The van der Waals surface area contributed by atoms with E-state index in [0.29, 0.717) is 19.8 Å². The van der Waals surface area contributed by atoms with Crippen molar-refractivity contribution >= 4 is 21.9 Å². The molecule has 0 spiro atoms. The maximum Gasteiger partial charge on any atom is 0.313 e. The highest BCUT2D eigenvalue weighted by atomic mass is 79.9. The monoisotopic (exact) mass is 222 g/mol. The van der Waals surface area contributed by atoms with Crippen LogP contribution < -0.4 is 0 Å². The second-order valence-electron chi connectivity index (χ2n) is 2.65. The van der Waals surface area contributed by atoms with Gasteiger partial charge >= 0.3 is 5.97 Å². The number of alkyl halides is 1. The molecule has 0 N–H and O–H groups in total. The van der Waals surface area contributed by atoms with Crippen molar-refractivity contribution in [3.05, 3.63) is 0 Å². The molecule has 0 aliphatic carbocycles. The van der Waals surface area contributed by atoms with E-state index in [1.165, 1.54) is 0 Å². The van der Waals surface area contributed by atoms with Crippen LogP contribution in [-0.4, -0.2) is 30.6 Å². The Hall–Kier alpha value is -0.0900. The Morgan fingerprint density at radius 3 is 2.82 bits per heavy atom. The van der Waals surface area contributed by atoms with E-state index in [1.54, 1.807) is 0 Å². The normalized spacial score (nSPS) is 20.5. The molecule has 0 bridgehead atoms. The number of esters is 1. The highest BCUT2D eigenvalue weighted by Crippen LogP contribution is 2.12. The number of halogens is 1. The van der Waals surface area contributed by atoms with Crippen molar-refractivity contribution in [2.24, 2.45) is 5.92 Å². The van der Waals surface area contributed by atoms with E-state index in [9.17, 15) is 4.79 Å². The predicted octanol–water partition coefficient (Wildman–Crippen LogP) is 0.959. The minimum atomic E-state index is -0.137. The third kappa shape index (κ3) is 2.79. The van der Waals surface area contributed by atoms with Crippen LogP contribution in [0.5, 0.6) is 0 Å². The summed E-state index contributed by atoms with van der Waals surface area (Å²) >= 11 is 3.28. The Labute approximate surface area is 74.2 Å². The van der Waals surface area contributed by atoms with Crippen LogP contribution in [0.4, 0.5) is 0 Å². The zero-order valence-corrected chi connectivity index (χ0v) is 7.96. The van der Waals surface area contributed by atoms with Crippen molar-refractivity contribution in [2.45, 2.75) is 11.8 Å². The van der Waals surface area contributed by atoms with Crippen LogP contribution in [0.2, 0.25) is 0 Å². The molecule has 3 nitrogen and oxygen atoms in total. The van der Waals surface area contributed by atoms with Gasteiger partial charge in [-0.25, -0.2) is 0 Å². The Balaban J connectivity index is 2.10. The van der Waals surface area contributed by atoms with Gasteiger partial charge in [-0.15, -0.1) is 0 Å². The summed E-state index contributed by atoms with van der Waals surface area (Å²) in [5, 5.41) is 0. The summed E-state index contributed by atoms with van der Waals surface area (Å²) < 4.78 is 9.79. The van der Waals surface area contributed by atoms with Gasteiger partial charge in [-0.2, -0.15) is 0 Å². The molecule has 0 amide bonds. The average molecular weight is 223 g/mol. The molecule has 1 aliphatic rings. The van der Waals surface area contributed by atoms with Gasteiger partial charge in [0.1, 0.15) is 12.5 Å². The van der Waals surface area contributed by atoms with Crippen molar-refractivity contribution in [3.63, 3.8) is 0 Å². The molecule has 1 aliphatic heterocycles. The van der Waals surface area contributed by atoms with Gasteiger partial charge in [-0.1, -0.05) is 15.9 Å². The molecule has 1 saturated heterocycles. The standard InChI is InChI=1S/C7H11BrO3/c1-5(8)2-11-7(9)6-3-10-4-6/h5-6H,2-4H2,1H3. The highest BCUT2D eigenvalue weighted by Gasteiger charge is 2.27. The summed E-state index contributed by atoms with van der Waals surface area (Å²) in [6.07, 6.45) is 0. The summed E-state index contributed by atoms with van der Waals surface area (Å²) in [6, 6.07) is 0. The number of hydrogen-bond donors (Lipinski definition) is 0. The fraction of sp³-hybridized carbons (Fsp3) is 0.857. The highest BCUT2D eigenvalue weighted by molar-refractivity contribution is 9.09. The van der Waals surface area contributed by atoms with Gasteiger partial charge in [0, 0.05) is 4.83 Å². The summed E-state index contributed by atoms with van der Waals surface area (Å²) in [5.41, 5.74) is 0. The van der Waals surface area contributed by atoms with Crippen molar-refractivity contribution in [1.29, 1.82) is 0 Å². The van der Waals surface area contributed by atoms with Crippen LogP contribution in [0.15, 0.2) is 0 Å². The van der Waals surface area contributed by atoms with Gasteiger partial charge in [0.25, 0.3) is 0 Å². The molecule has 0 aromatic heterocycles. The maximum absolute atomic E-state index is 11.0. The Morgan fingerprint density at radius 2 is 2.45 bits per heavy atom. The minimum Gasteiger partial charge on any atom is -0.464 e. The number of carbonyl (C=O) groups is 1. The van der Waals surface area contributed by atoms with Crippen molar-refractivity contribution in [1.82, 2.24) is 0 Å². The zero-order valence-electron chi connectivity index (χ0n) is 6.38. The quantitative estimate of drug-likeness (QED) is 0.528. The number of hydrogen-bond acceptors (Lipinski definition) is 3. The molecule has 1 atom stereocenters. The number of carbonyl (C=O) groups excluding carboxylic acids is 1. The lowest BCUT2D eigenvalue weighted by Crippen LogP contribution is -2.36. The second kappa shape index (κ2) is 4.07. The zero-order chi connectivity index (χ0) is 8.27. The molecular formula is C7H11BrO3. The van der Waals surface area contributed by atoms with Crippen LogP contribution in [0.3, 0.4) is 0 Å². The lowest BCUT2D eigenvalue weighted by molar-refractivity contribution is -0.163. The lowest BCUT2D eigenvalue weighted by atomic mass is 10.1. The van der Waals surface area contributed by atoms with Crippen molar-refractivity contribution in [2.75, 3.05) is 19.8 Å². The van der Waals surface area contributed by atoms with Crippen molar-refractivity contribution in [3.8, 4) is 0 Å². The molecule has 11 heavy (non-hydrogen) atoms. The van der Waals surface area contributed by atoms with Gasteiger partial charge in [0.15, 0.2) is 0 Å². The predicted molar refractivity (Wildman–Crippen MR) is 43.7 cm³/mol. The van der Waals surface area contributed by atoms with E-state index < -0.39 is 0 Å². The molecule has 1 heterocycles. The van der Waals surface area contributed by atoms with E-state index in [2.05, 4.69) is 15.9 Å². The summed E-state index contributed by atoms with van der Waals surface area (Å²) in [7, 11) is 0. The van der Waals surface area contributed by atoms with Crippen LogP contribution >= 0.6 is 15.9 Å². The first-order chi connectivity index (χ1) is 5.20. The molecule has 1 unspecified atom stereocenters. The molecule has 1 fully saturated rings. The number of ether oxygens (including phenoxy) is 2. The molecule has 1 rings (SSSR count). The summed E-state index contributed by atoms with van der Waals surface area (Å²) in [6.45, 7) is 3.42. The second-order valence-corrected chi connectivity index (χ2v) is 4.21. The SMILES string of the molecule is CC(Br)COC(=O)C1COC1. The van der Waals surface area contributed by atoms with Gasteiger partial charge in [-0.05, 0) is 6.92 Å². The molecule has 4 heteroatoms. The average Bonchev–Trinajstić information content (AvgIpc) is 1.79. The van der Waals surface area contributed by atoms with E-state index in [1.807, 2.05) is 6.92 Å². The van der Waals surface area contributed by atoms with Crippen LogP contribution in [0.25, 0.3) is 0 Å². The van der Waals surface area contributed by atoms with Crippen LogP contribution in [-0.2, 0) is 14.3 Å². The topological polar surface area (TPSA) is 35.5 Å². The number of rotatable bonds is 3.